The number of rotatable bonds is 5. The quantitative estimate of drug-likeness (QED) is 0.515. The normalized spacial score (nSPS) is 16.6. The SMILES string of the molecule is COc1cc(-c2cc(C(=O)N[C@@H]3CCCN(C(=O)C(C)(C)N)C3)c3c(N)ncnn23)ccn1. The Bertz CT molecular complexity index is 1200. The van der Waals surface area contributed by atoms with Crippen molar-refractivity contribution in [1.29, 1.82) is 0 Å². The van der Waals surface area contributed by atoms with Gasteiger partial charge in [-0.25, -0.2) is 14.5 Å². The van der Waals surface area contributed by atoms with E-state index in [-0.39, 0.29) is 23.7 Å². The van der Waals surface area contributed by atoms with E-state index in [9.17, 15) is 9.59 Å². The Kier molecular flexibility index (Phi) is 5.90. The molecule has 1 aliphatic heterocycles. The van der Waals surface area contributed by atoms with Crippen LogP contribution in [0, 0.1) is 0 Å². The maximum Gasteiger partial charge on any atom is 0.253 e. The number of likely N-dealkylation sites (tertiary alicyclic amines) is 1. The van der Waals surface area contributed by atoms with E-state index < -0.39 is 5.54 Å². The van der Waals surface area contributed by atoms with Gasteiger partial charge in [0.1, 0.15) is 11.8 Å². The predicted molar refractivity (Wildman–Crippen MR) is 123 cm³/mol. The molecule has 4 heterocycles. The molecule has 0 bridgehead atoms. The summed E-state index contributed by atoms with van der Waals surface area (Å²) in [5.41, 5.74) is 13.3. The van der Waals surface area contributed by atoms with Gasteiger partial charge in [-0.05, 0) is 38.8 Å². The highest BCUT2D eigenvalue weighted by molar-refractivity contribution is 6.05. The highest BCUT2D eigenvalue weighted by atomic mass is 16.5. The summed E-state index contributed by atoms with van der Waals surface area (Å²) in [4.78, 5) is 35.8. The van der Waals surface area contributed by atoms with E-state index in [2.05, 4.69) is 20.4 Å². The Morgan fingerprint density at radius 3 is 2.79 bits per heavy atom. The lowest BCUT2D eigenvalue weighted by atomic mass is 10.00. The molecule has 1 saturated heterocycles. The number of nitrogens with one attached hydrogen (secondary N) is 1. The molecule has 0 radical (unpaired) electrons. The molecular weight excluding hydrogens is 424 g/mol. The molecule has 1 atom stereocenters. The molecule has 5 N–H and O–H groups in total. The number of nitrogen functional groups attached to an aromatic ring is 1. The van der Waals surface area contributed by atoms with Crippen LogP contribution < -0.4 is 21.5 Å². The summed E-state index contributed by atoms with van der Waals surface area (Å²) in [5.74, 6) is 0.174. The molecule has 0 spiro atoms. The number of piperidine rings is 1. The first-order valence-corrected chi connectivity index (χ1v) is 10.7. The van der Waals surface area contributed by atoms with Crippen LogP contribution in [0.15, 0.2) is 30.7 Å². The zero-order valence-corrected chi connectivity index (χ0v) is 18.9. The summed E-state index contributed by atoms with van der Waals surface area (Å²) in [6, 6.07) is 5.06. The van der Waals surface area contributed by atoms with Crippen LogP contribution in [0.25, 0.3) is 16.8 Å². The molecule has 174 valence electrons. The van der Waals surface area contributed by atoms with Gasteiger partial charge in [-0.2, -0.15) is 5.10 Å². The summed E-state index contributed by atoms with van der Waals surface area (Å²) in [6.45, 7) is 4.39. The fourth-order valence-corrected chi connectivity index (χ4v) is 4.08. The first-order chi connectivity index (χ1) is 15.7. The molecular formula is C22H28N8O3. The van der Waals surface area contributed by atoms with E-state index in [1.54, 1.807) is 47.7 Å². The van der Waals surface area contributed by atoms with E-state index >= 15 is 0 Å². The van der Waals surface area contributed by atoms with Gasteiger partial charge in [0.2, 0.25) is 11.8 Å². The topological polar surface area (TPSA) is 154 Å². The smallest absolute Gasteiger partial charge is 0.253 e. The lowest BCUT2D eigenvalue weighted by Crippen LogP contribution is -2.57. The third-order valence-electron chi connectivity index (χ3n) is 5.66. The fraction of sp³-hybridized carbons (Fsp3) is 0.409. The molecule has 11 heteroatoms. The van der Waals surface area contributed by atoms with Gasteiger partial charge >= 0.3 is 0 Å². The van der Waals surface area contributed by atoms with E-state index in [1.807, 2.05) is 0 Å². The van der Waals surface area contributed by atoms with E-state index in [4.69, 9.17) is 16.2 Å². The van der Waals surface area contributed by atoms with Gasteiger partial charge in [0.05, 0.1) is 23.9 Å². The number of hydrogen-bond donors (Lipinski definition) is 3. The van der Waals surface area contributed by atoms with Crippen molar-refractivity contribution >= 4 is 23.1 Å². The Morgan fingerprint density at radius 2 is 2.06 bits per heavy atom. The average molecular weight is 453 g/mol. The number of carbonyl (C=O) groups excluding carboxylic acids is 2. The van der Waals surface area contributed by atoms with Crippen LogP contribution >= 0.6 is 0 Å². The first-order valence-electron chi connectivity index (χ1n) is 10.7. The predicted octanol–water partition coefficient (Wildman–Crippen LogP) is 0.840. The van der Waals surface area contributed by atoms with Crippen molar-refractivity contribution in [2.24, 2.45) is 5.73 Å². The van der Waals surface area contributed by atoms with Crippen molar-refractivity contribution in [1.82, 2.24) is 29.8 Å². The van der Waals surface area contributed by atoms with E-state index in [0.29, 0.717) is 35.7 Å². The molecule has 33 heavy (non-hydrogen) atoms. The number of amides is 2. The van der Waals surface area contributed by atoms with Crippen molar-refractivity contribution in [2.75, 3.05) is 25.9 Å². The molecule has 1 aliphatic rings. The molecule has 3 aromatic heterocycles. The number of carbonyl (C=O) groups is 2. The minimum atomic E-state index is -0.962. The number of fused-ring (bicyclic) bond motifs is 1. The maximum absolute atomic E-state index is 13.3. The number of aromatic nitrogens is 4. The van der Waals surface area contributed by atoms with Crippen molar-refractivity contribution in [3.05, 3.63) is 36.3 Å². The van der Waals surface area contributed by atoms with Gasteiger partial charge in [0, 0.05) is 37.0 Å². The van der Waals surface area contributed by atoms with Crippen molar-refractivity contribution in [3.63, 3.8) is 0 Å². The highest BCUT2D eigenvalue weighted by Crippen LogP contribution is 2.29. The summed E-state index contributed by atoms with van der Waals surface area (Å²) >= 11 is 0. The second kappa shape index (κ2) is 8.66. The number of anilines is 1. The standard InChI is InChI=1S/C22H28N8O3/c1-22(2,24)21(32)29-8-4-5-14(11-29)28-20(31)15-10-16(13-6-7-25-17(9-13)33-3)30-18(15)19(23)26-12-27-30/h6-7,9-10,12,14H,4-5,8,11,24H2,1-3H3,(H,28,31)(H2,23,26,27)/t14-/m1/s1. The molecule has 0 saturated carbocycles. The average Bonchev–Trinajstić information content (AvgIpc) is 3.19. The summed E-state index contributed by atoms with van der Waals surface area (Å²) in [5, 5.41) is 7.35. The largest absolute Gasteiger partial charge is 0.481 e. The minimum absolute atomic E-state index is 0.137. The van der Waals surface area contributed by atoms with Gasteiger partial charge in [-0.15, -0.1) is 0 Å². The minimum Gasteiger partial charge on any atom is -0.481 e. The zero-order chi connectivity index (χ0) is 23.8. The molecule has 2 amide bonds. The molecule has 0 aliphatic carbocycles. The molecule has 3 aromatic rings. The summed E-state index contributed by atoms with van der Waals surface area (Å²) < 4.78 is 6.80. The first kappa shape index (κ1) is 22.5. The van der Waals surface area contributed by atoms with E-state index in [0.717, 1.165) is 18.4 Å². The van der Waals surface area contributed by atoms with Crippen LogP contribution in [0.2, 0.25) is 0 Å². The molecule has 0 aromatic carbocycles. The third kappa shape index (κ3) is 4.44. The Labute approximate surface area is 191 Å². The summed E-state index contributed by atoms with van der Waals surface area (Å²) in [7, 11) is 1.53. The third-order valence-corrected chi connectivity index (χ3v) is 5.66. The second-order valence-electron chi connectivity index (χ2n) is 8.72. The van der Waals surface area contributed by atoms with Crippen molar-refractivity contribution in [3.8, 4) is 17.1 Å². The highest BCUT2D eigenvalue weighted by Gasteiger charge is 2.32. The van der Waals surface area contributed by atoms with Crippen LogP contribution in [0.4, 0.5) is 5.82 Å². The number of nitrogens with two attached hydrogens (primary N) is 2. The van der Waals surface area contributed by atoms with Crippen LogP contribution in [0.1, 0.15) is 37.0 Å². The maximum atomic E-state index is 13.3. The molecule has 0 unspecified atom stereocenters. The lowest BCUT2D eigenvalue weighted by Gasteiger charge is -2.36. The number of ether oxygens (including phenoxy) is 1. The monoisotopic (exact) mass is 452 g/mol. The van der Waals surface area contributed by atoms with Gasteiger partial charge in [-0.3, -0.25) is 9.59 Å². The molecule has 1 fully saturated rings. The van der Waals surface area contributed by atoms with Crippen LogP contribution in [0.5, 0.6) is 5.88 Å². The lowest BCUT2D eigenvalue weighted by molar-refractivity contribution is -0.137. The zero-order valence-electron chi connectivity index (χ0n) is 18.9. The second-order valence-corrected chi connectivity index (χ2v) is 8.72. The van der Waals surface area contributed by atoms with Gasteiger partial charge < -0.3 is 26.4 Å². The number of nitrogens with zero attached hydrogens (tertiary/aromatic N) is 5. The number of methoxy groups -OCH3 is 1. The molecule has 11 nitrogen and oxygen atoms in total. The number of pyridine rings is 1. The molecule has 4 rings (SSSR count). The van der Waals surface area contributed by atoms with Crippen LogP contribution in [-0.4, -0.2) is 68.1 Å². The van der Waals surface area contributed by atoms with Crippen molar-refractivity contribution in [2.45, 2.75) is 38.3 Å². The van der Waals surface area contributed by atoms with E-state index in [1.165, 1.54) is 13.4 Å². The van der Waals surface area contributed by atoms with Gasteiger partial charge in [0.15, 0.2) is 5.82 Å². The Hall–Kier alpha value is -3.73. The van der Waals surface area contributed by atoms with Gasteiger partial charge in [0.25, 0.3) is 5.91 Å². The number of hydrogen-bond acceptors (Lipinski definition) is 8. The fourth-order valence-electron chi connectivity index (χ4n) is 4.08. The Morgan fingerprint density at radius 1 is 1.27 bits per heavy atom. The Balaban J connectivity index is 1.64. The summed E-state index contributed by atoms with van der Waals surface area (Å²) in [6.07, 6.45) is 4.48. The van der Waals surface area contributed by atoms with Crippen LogP contribution in [0.3, 0.4) is 0 Å². The van der Waals surface area contributed by atoms with Gasteiger partial charge in [-0.1, -0.05) is 0 Å². The van der Waals surface area contributed by atoms with Crippen LogP contribution in [-0.2, 0) is 4.79 Å². The van der Waals surface area contributed by atoms with Crippen molar-refractivity contribution < 1.29 is 14.3 Å².